The van der Waals surface area contributed by atoms with Crippen LogP contribution in [0.5, 0.6) is 0 Å². The van der Waals surface area contributed by atoms with Crippen LogP contribution in [-0.2, 0) is 20.9 Å². The highest BCUT2D eigenvalue weighted by Crippen LogP contribution is 2.24. The molecule has 0 aromatic carbocycles. The molecule has 3 rings (SSSR count). The molecule has 1 aliphatic heterocycles. The topological polar surface area (TPSA) is 102 Å². The Labute approximate surface area is 153 Å². The molecule has 2 atom stereocenters. The number of halogens is 1. The fourth-order valence-corrected chi connectivity index (χ4v) is 3.28. The van der Waals surface area contributed by atoms with Crippen LogP contribution in [0.1, 0.15) is 25.7 Å². The molecule has 1 saturated heterocycles. The van der Waals surface area contributed by atoms with Gasteiger partial charge in [0.1, 0.15) is 6.54 Å². The number of anilines is 1. The highest BCUT2D eigenvalue weighted by molar-refractivity contribution is 5.92. The first-order valence-electron chi connectivity index (χ1n) is 8.56. The normalized spacial score (nSPS) is 23.6. The number of hydrogen-bond donors (Lipinski definition) is 2. The van der Waals surface area contributed by atoms with Crippen LogP contribution in [0.3, 0.4) is 0 Å². The van der Waals surface area contributed by atoms with E-state index in [9.17, 15) is 9.59 Å². The van der Waals surface area contributed by atoms with Crippen molar-refractivity contribution >= 4 is 29.9 Å². The summed E-state index contributed by atoms with van der Waals surface area (Å²) in [6, 6.07) is 0.114. The molecule has 0 spiro atoms. The van der Waals surface area contributed by atoms with Gasteiger partial charge < -0.3 is 20.7 Å². The first-order valence-corrected chi connectivity index (χ1v) is 8.56. The third-order valence-corrected chi connectivity index (χ3v) is 4.65. The monoisotopic (exact) mass is 371 g/mol. The van der Waals surface area contributed by atoms with Crippen LogP contribution in [-0.4, -0.2) is 58.8 Å². The van der Waals surface area contributed by atoms with Crippen molar-refractivity contribution in [2.75, 3.05) is 31.6 Å². The van der Waals surface area contributed by atoms with Crippen molar-refractivity contribution in [3.63, 3.8) is 0 Å². The Morgan fingerprint density at radius 1 is 1.32 bits per heavy atom. The molecule has 0 radical (unpaired) electrons. The van der Waals surface area contributed by atoms with E-state index in [-0.39, 0.29) is 42.7 Å². The standard InChI is InChI=1S/C16H25N5O3.ClH/c17-13-3-1-2-12(8-13)16(23)19-14-9-18-21(10-14)11-15(22)20-4-6-24-7-5-20;/h9-10,12-13H,1-8,11,17H2,(H,19,23);1H. The van der Waals surface area contributed by atoms with Crippen molar-refractivity contribution < 1.29 is 14.3 Å². The molecule has 1 aromatic rings. The van der Waals surface area contributed by atoms with Gasteiger partial charge in [0, 0.05) is 31.2 Å². The van der Waals surface area contributed by atoms with Gasteiger partial charge in [0.05, 0.1) is 25.1 Å². The Balaban J connectivity index is 0.00000225. The zero-order valence-corrected chi connectivity index (χ0v) is 15.0. The molecule has 1 aromatic heterocycles. The summed E-state index contributed by atoms with van der Waals surface area (Å²) in [4.78, 5) is 26.3. The van der Waals surface area contributed by atoms with Crippen molar-refractivity contribution in [1.82, 2.24) is 14.7 Å². The van der Waals surface area contributed by atoms with E-state index in [1.165, 1.54) is 0 Å². The molecular weight excluding hydrogens is 346 g/mol. The lowest BCUT2D eigenvalue weighted by Gasteiger charge is -2.26. The predicted molar refractivity (Wildman–Crippen MR) is 95.4 cm³/mol. The third kappa shape index (κ3) is 5.42. The van der Waals surface area contributed by atoms with E-state index in [4.69, 9.17) is 10.5 Å². The van der Waals surface area contributed by atoms with E-state index in [2.05, 4.69) is 10.4 Å². The Morgan fingerprint density at radius 3 is 2.80 bits per heavy atom. The van der Waals surface area contributed by atoms with Gasteiger partial charge in [-0.3, -0.25) is 14.3 Å². The average Bonchev–Trinajstić information content (AvgIpc) is 3.02. The maximum atomic E-state index is 12.3. The average molecular weight is 372 g/mol. The van der Waals surface area contributed by atoms with Crippen LogP contribution in [0.2, 0.25) is 0 Å². The molecule has 2 heterocycles. The van der Waals surface area contributed by atoms with Crippen molar-refractivity contribution in [1.29, 1.82) is 0 Å². The Bertz CT molecular complexity index is 588. The lowest BCUT2D eigenvalue weighted by atomic mass is 9.85. The van der Waals surface area contributed by atoms with Gasteiger partial charge >= 0.3 is 0 Å². The minimum Gasteiger partial charge on any atom is -0.378 e. The summed E-state index contributed by atoms with van der Waals surface area (Å²) in [5.74, 6) is -0.0335. The number of amides is 2. The number of rotatable bonds is 4. The van der Waals surface area contributed by atoms with Gasteiger partial charge in [-0.15, -0.1) is 12.4 Å². The number of nitrogens with two attached hydrogens (primary N) is 1. The summed E-state index contributed by atoms with van der Waals surface area (Å²) in [7, 11) is 0. The maximum absolute atomic E-state index is 12.3. The SMILES string of the molecule is Cl.NC1CCCC(C(=O)Nc2cnn(CC(=O)N3CCOCC3)c2)C1. The smallest absolute Gasteiger partial charge is 0.244 e. The van der Waals surface area contributed by atoms with Crippen molar-refractivity contribution in [2.24, 2.45) is 11.7 Å². The van der Waals surface area contributed by atoms with Crippen LogP contribution in [0, 0.1) is 5.92 Å². The predicted octanol–water partition coefficient (Wildman–Crippen LogP) is 0.620. The first-order chi connectivity index (χ1) is 11.6. The summed E-state index contributed by atoms with van der Waals surface area (Å²) in [5, 5.41) is 7.05. The van der Waals surface area contributed by atoms with Gasteiger partial charge in [0.15, 0.2) is 0 Å². The fraction of sp³-hybridized carbons (Fsp3) is 0.688. The number of morpholine rings is 1. The molecule has 2 amide bonds. The molecule has 2 unspecified atom stereocenters. The van der Waals surface area contributed by atoms with Crippen molar-refractivity contribution in [3.8, 4) is 0 Å². The summed E-state index contributed by atoms with van der Waals surface area (Å²) >= 11 is 0. The highest BCUT2D eigenvalue weighted by atomic mass is 35.5. The summed E-state index contributed by atoms with van der Waals surface area (Å²) < 4.78 is 6.80. The van der Waals surface area contributed by atoms with Gasteiger partial charge in [-0.2, -0.15) is 5.10 Å². The Morgan fingerprint density at radius 2 is 2.08 bits per heavy atom. The molecule has 140 valence electrons. The molecule has 0 bridgehead atoms. The third-order valence-electron chi connectivity index (χ3n) is 4.65. The lowest BCUT2D eigenvalue weighted by Crippen LogP contribution is -2.42. The second-order valence-electron chi connectivity index (χ2n) is 6.53. The number of ether oxygens (including phenoxy) is 1. The van der Waals surface area contributed by atoms with E-state index >= 15 is 0 Å². The zero-order chi connectivity index (χ0) is 16.9. The summed E-state index contributed by atoms with van der Waals surface area (Å²) in [6.45, 7) is 2.56. The fourth-order valence-electron chi connectivity index (χ4n) is 3.28. The van der Waals surface area contributed by atoms with Crippen LogP contribution < -0.4 is 11.1 Å². The second kappa shape index (κ2) is 9.17. The van der Waals surface area contributed by atoms with Crippen molar-refractivity contribution in [2.45, 2.75) is 38.3 Å². The zero-order valence-electron chi connectivity index (χ0n) is 14.2. The first kappa shape index (κ1) is 19.7. The second-order valence-corrected chi connectivity index (χ2v) is 6.53. The number of carbonyl (C=O) groups is 2. The van der Waals surface area contributed by atoms with E-state index in [1.54, 1.807) is 22.0 Å². The molecule has 8 nitrogen and oxygen atoms in total. The molecule has 3 N–H and O–H groups in total. The number of carbonyl (C=O) groups excluding carboxylic acids is 2. The van der Waals surface area contributed by atoms with E-state index in [0.717, 1.165) is 25.7 Å². The molecule has 2 fully saturated rings. The van der Waals surface area contributed by atoms with Crippen LogP contribution in [0.15, 0.2) is 12.4 Å². The van der Waals surface area contributed by atoms with Gasteiger partial charge in [-0.1, -0.05) is 6.42 Å². The summed E-state index contributed by atoms with van der Waals surface area (Å²) in [6.07, 6.45) is 6.86. The minimum atomic E-state index is -0.0351. The van der Waals surface area contributed by atoms with Crippen LogP contribution in [0.4, 0.5) is 5.69 Å². The number of aromatic nitrogens is 2. The number of nitrogens with zero attached hydrogens (tertiary/aromatic N) is 3. The lowest BCUT2D eigenvalue weighted by molar-refractivity contribution is -0.136. The molecule has 1 aliphatic carbocycles. The molecule has 1 saturated carbocycles. The quantitative estimate of drug-likeness (QED) is 0.807. The highest BCUT2D eigenvalue weighted by Gasteiger charge is 2.25. The van der Waals surface area contributed by atoms with Gasteiger partial charge in [0.25, 0.3) is 0 Å². The van der Waals surface area contributed by atoms with Gasteiger partial charge in [0.2, 0.25) is 11.8 Å². The van der Waals surface area contributed by atoms with E-state index in [0.29, 0.717) is 32.0 Å². The number of nitrogens with one attached hydrogen (secondary N) is 1. The minimum absolute atomic E-state index is 0. The molecule has 2 aliphatic rings. The Hall–Kier alpha value is -1.64. The molecular formula is C16H26ClN5O3. The van der Waals surface area contributed by atoms with Crippen LogP contribution >= 0.6 is 12.4 Å². The number of hydrogen-bond acceptors (Lipinski definition) is 5. The summed E-state index contributed by atoms with van der Waals surface area (Å²) in [5.41, 5.74) is 6.56. The van der Waals surface area contributed by atoms with Gasteiger partial charge in [-0.25, -0.2) is 0 Å². The van der Waals surface area contributed by atoms with Crippen LogP contribution in [0.25, 0.3) is 0 Å². The largest absolute Gasteiger partial charge is 0.378 e. The Kier molecular flexibility index (Phi) is 7.22. The van der Waals surface area contributed by atoms with E-state index in [1.807, 2.05) is 0 Å². The van der Waals surface area contributed by atoms with E-state index < -0.39 is 0 Å². The molecule has 25 heavy (non-hydrogen) atoms. The maximum Gasteiger partial charge on any atom is 0.244 e. The van der Waals surface area contributed by atoms with Crippen molar-refractivity contribution in [3.05, 3.63) is 12.4 Å². The molecule has 9 heteroatoms. The van der Waals surface area contributed by atoms with Gasteiger partial charge in [-0.05, 0) is 19.3 Å².